The van der Waals surface area contributed by atoms with Crippen molar-refractivity contribution in [1.29, 1.82) is 0 Å². The molecule has 0 saturated carbocycles. The average molecular weight is 257 g/mol. The zero-order chi connectivity index (χ0) is 12.8. The molecule has 94 valence electrons. The molecule has 1 amide bonds. The molecule has 1 atom stereocenters. The van der Waals surface area contributed by atoms with Crippen molar-refractivity contribution in [2.45, 2.75) is 19.9 Å². The van der Waals surface area contributed by atoms with Gasteiger partial charge in [0.1, 0.15) is 11.8 Å². The molecule has 5 heteroatoms. The van der Waals surface area contributed by atoms with E-state index in [0.717, 1.165) is 5.69 Å². The first-order chi connectivity index (χ1) is 8.08. The number of amides is 1. The second-order valence-corrected chi connectivity index (χ2v) is 4.02. The van der Waals surface area contributed by atoms with E-state index in [4.69, 9.17) is 16.3 Å². The van der Waals surface area contributed by atoms with Crippen LogP contribution in [0.5, 0.6) is 5.75 Å². The SMILES string of the molecule is CCNC(=O)C(C)Nc1ccc(OC)c(Cl)c1. The average Bonchev–Trinajstić information content (AvgIpc) is 2.29. The molecule has 0 heterocycles. The minimum absolute atomic E-state index is 0.0422. The summed E-state index contributed by atoms with van der Waals surface area (Å²) in [5, 5.41) is 6.32. The van der Waals surface area contributed by atoms with E-state index in [1.54, 1.807) is 26.2 Å². The lowest BCUT2D eigenvalue weighted by atomic mass is 10.2. The topological polar surface area (TPSA) is 50.4 Å². The van der Waals surface area contributed by atoms with E-state index in [0.29, 0.717) is 17.3 Å². The predicted octanol–water partition coefficient (Wildman–Crippen LogP) is 2.29. The van der Waals surface area contributed by atoms with Crippen molar-refractivity contribution in [2.75, 3.05) is 19.0 Å². The van der Waals surface area contributed by atoms with Crippen LogP contribution in [0, 0.1) is 0 Å². The van der Waals surface area contributed by atoms with Gasteiger partial charge in [-0.05, 0) is 32.0 Å². The molecule has 1 aromatic carbocycles. The number of rotatable bonds is 5. The van der Waals surface area contributed by atoms with Crippen molar-refractivity contribution in [3.63, 3.8) is 0 Å². The molecule has 2 N–H and O–H groups in total. The number of carbonyl (C=O) groups is 1. The molecule has 1 aromatic rings. The van der Waals surface area contributed by atoms with E-state index in [1.165, 1.54) is 0 Å². The third-order valence-electron chi connectivity index (χ3n) is 2.28. The van der Waals surface area contributed by atoms with Gasteiger partial charge in [0, 0.05) is 12.2 Å². The Hall–Kier alpha value is -1.42. The highest BCUT2D eigenvalue weighted by atomic mass is 35.5. The van der Waals surface area contributed by atoms with Crippen LogP contribution in [0.15, 0.2) is 18.2 Å². The molecule has 0 aliphatic heterocycles. The number of benzene rings is 1. The third-order valence-corrected chi connectivity index (χ3v) is 2.57. The number of nitrogens with one attached hydrogen (secondary N) is 2. The molecule has 0 saturated heterocycles. The number of likely N-dealkylation sites (N-methyl/N-ethyl adjacent to an activating group) is 1. The number of methoxy groups -OCH3 is 1. The summed E-state index contributed by atoms with van der Waals surface area (Å²) >= 11 is 5.99. The van der Waals surface area contributed by atoms with Gasteiger partial charge in [0.15, 0.2) is 0 Å². The van der Waals surface area contributed by atoms with Crippen LogP contribution in [0.1, 0.15) is 13.8 Å². The van der Waals surface area contributed by atoms with Gasteiger partial charge in [-0.1, -0.05) is 11.6 Å². The van der Waals surface area contributed by atoms with Gasteiger partial charge in [-0.2, -0.15) is 0 Å². The normalized spacial score (nSPS) is 11.8. The molecule has 1 unspecified atom stereocenters. The monoisotopic (exact) mass is 256 g/mol. The highest BCUT2D eigenvalue weighted by molar-refractivity contribution is 6.32. The zero-order valence-electron chi connectivity index (χ0n) is 10.2. The molecule has 0 aliphatic rings. The van der Waals surface area contributed by atoms with E-state index in [2.05, 4.69) is 10.6 Å². The maximum absolute atomic E-state index is 11.5. The maximum atomic E-state index is 11.5. The second kappa shape index (κ2) is 6.35. The Kier molecular flexibility index (Phi) is 5.10. The smallest absolute Gasteiger partial charge is 0.242 e. The Morgan fingerprint density at radius 2 is 2.24 bits per heavy atom. The number of hydrogen-bond donors (Lipinski definition) is 2. The lowest BCUT2D eigenvalue weighted by molar-refractivity contribution is -0.121. The first kappa shape index (κ1) is 13.6. The van der Waals surface area contributed by atoms with Gasteiger partial charge in [0.2, 0.25) is 5.91 Å². The highest BCUT2D eigenvalue weighted by Gasteiger charge is 2.11. The quantitative estimate of drug-likeness (QED) is 0.850. The fourth-order valence-electron chi connectivity index (χ4n) is 1.40. The van der Waals surface area contributed by atoms with Crippen molar-refractivity contribution in [3.8, 4) is 5.75 Å². The van der Waals surface area contributed by atoms with Crippen LogP contribution in [-0.4, -0.2) is 25.6 Å². The van der Waals surface area contributed by atoms with Crippen molar-refractivity contribution in [3.05, 3.63) is 23.2 Å². The molecule has 0 radical (unpaired) electrons. The fraction of sp³-hybridized carbons (Fsp3) is 0.417. The van der Waals surface area contributed by atoms with Gasteiger partial charge < -0.3 is 15.4 Å². The molecule has 0 fully saturated rings. The minimum atomic E-state index is -0.306. The van der Waals surface area contributed by atoms with Crippen molar-refractivity contribution in [1.82, 2.24) is 5.32 Å². The number of halogens is 1. The number of hydrogen-bond acceptors (Lipinski definition) is 3. The van der Waals surface area contributed by atoms with Gasteiger partial charge in [0.05, 0.1) is 12.1 Å². The number of ether oxygens (including phenoxy) is 1. The Morgan fingerprint density at radius 3 is 2.76 bits per heavy atom. The second-order valence-electron chi connectivity index (χ2n) is 3.61. The standard InChI is InChI=1S/C12H17ClN2O2/c1-4-14-12(16)8(2)15-9-5-6-11(17-3)10(13)7-9/h5-8,15H,4H2,1-3H3,(H,14,16). The summed E-state index contributed by atoms with van der Waals surface area (Å²) in [5.41, 5.74) is 0.787. The molecular weight excluding hydrogens is 240 g/mol. The minimum Gasteiger partial charge on any atom is -0.495 e. The molecule has 0 bridgehead atoms. The largest absolute Gasteiger partial charge is 0.495 e. The van der Waals surface area contributed by atoms with Crippen LogP contribution in [0.2, 0.25) is 5.02 Å². The lowest BCUT2D eigenvalue weighted by Crippen LogP contribution is -2.37. The van der Waals surface area contributed by atoms with Gasteiger partial charge >= 0.3 is 0 Å². The summed E-state index contributed by atoms with van der Waals surface area (Å²) in [6.45, 7) is 4.30. The summed E-state index contributed by atoms with van der Waals surface area (Å²) in [6.07, 6.45) is 0. The van der Waals surface area contributed by atoms with Crippen LogP contribution in [-0.2, 0) is 4.79 Å². The number of anilines is 1. The molecule has 1 rings (SSSR count). The summed E-state index contributed by atoms with van der Waals surface area (Å²) in [5.74, 6) is 0.572. The van der Waals surface area contributed by atoms with Gasteiger partial charge in [-0.15, -0.1) is 0 Å². The van der Waals surface area contributed by atoms with Crippen LogP contribution in [0.25, 0.3) is 0 Å². The Bertz CT molecular complexity index is 396. The van der Waals surface area contributed by atoms with Gasteiger partial charge in [-0.25, -0.2) is 0 Å². The van der Waals surface area contributed by atoms with Gasteiger partial charge in [0.25, 0.3) is 0 Å². The van der Waals surface area contributed by atoms with Crippen molar-refractivity contribution < 1.29 is 9.53 Å². The molecular formula is C12H17ClN2O2. The molecule has 17 heavy (non-hydrogen) atoms. The molecule has 0 aliphatic carbocycles. The molecule has 0 aromatic heterocycles. The van der Waals surface area contributed by atoms with E-state index in [-0.39, 0.29) is 11.9 Å². The van der Waals surface area contributed by atoms with Crippen LogP contribution >= 0.6 is 11.6 Å². The van der Waals surface area contributed by atoms with Crippen LogP contribution in [0.3, 0.4) is 0 Å². The fourth-order valence-corrected chi connectivity index (χ4v) is 1.66. The Labute approximate surface area is 106 Å². The molecule has 0 spiro atoms. The van der Waals surface area contributed by atoms with E-state index in [9.17, 15) is 4.79 Å². The van der Waals surface area contributed by atoms with Gasteiger partial charge in [-0.3, -0.25) is 4.79 Å². The zero-order valence-corrected chi connectivity index (χ0v) is 11.0. The Balaban J connectivity index is 2.68. The van der Waals surface area contributed by atoms with E-state index < -0.39 is 0 Å². The lowest BCUT2D eigenvalue weighted by Gasteiger charge is -2.15. The summed E-state index contributed by atoms with van der Waals surface area (Å²) in [4.78, 5) is 11.5. The summed E-state index contributed by atoms with van der Waals surface area (Å²) in [7, 11) is 1.56. The van der Waals surface area contributed by atoms with Crippen LogP contribution < -0.4 is 15.4 Å². The Morgan fingerprint density at radius 1 is 1.53 bits per heavy atom. The third kappa shape index (κ3) is 3.82. The summed E-state index contributed by atoms with van der Waals surface area (Å²) in [6, 6.07) is 5.01. The van der Waals surface area contributed by atoms with Crippen molar-refractivity contribution in [2.24, 2.45) is 0 Å². The highest BCUT2D eigenvalue weighted by Crippen LogP contribution is 2.27. The number of carbonyl (C=O) groups excluding carboxylic acids is 1. The van der Waals surface area contributed by atoms with Crippen LogP contribution in [0.4, 0.5) is 5.69 Å². The maximum Gasteiger partial charge on any atom is 0.242 e. The first-order valence-electron chi connectivity index (χ1n) is 5.46. The summed E-state index contributed by atoms with van der Waals surface area (Å²) < 4.78 is 5.05. The molecule has 4 nitrogen and oxygen atoms in total. The predicted molar refractivity (Wildman–Crippen MR) is 69.8 cm³/mol. The first-order valence-corrected chi connectivity index (χ1v) is 5.84. The van der Waals surface area contributed by atoms with E-state index >= 15 is 0 Å². The van der Waals surface area contributed by atoms with E-state index in [1.807, 2.05) is 13.0 Å². The van der Waals surface area contributed by atoms with Crippen molar-refractivity contribution >= 4 is 23.2 Å².